The van der Waals surface area contributed by atoms with E-state index in [2.05, 4.69) is 15.9 Å². The third-order valence-electron chi connectivity index (χ3n) is 6.97. The first-order chi connectivity index (χ1) is 12.2. The minimum Gasteiger partial charge on any atom is -0.384 e. The van der Waals surface area contributed by atoms with Gasteiger partial charge in [-0.25, -0.2) is 0 Å². The van der Waals surface area contributed by atoms with E-state index in [-0.39, 0.29) is 5.41 Å². The van der Waals surface area contributed by atoms with Crippen LogP contribution in [0.3, 0.4) is 0 Å². The van der Waals surface area contributed by atoms with Gasteiger partial charge in [-0.05, 0) is 50.9 Å². The molecular weight excluding hydrogens is 312 g/mol. The van der Waals surface area contributed by atoms with Gasteiger partial charge < -0.3 is 14.5 Å². The fraction of sp³-hybridized carbons (Fsp3) is 0.857. The van der Waals surface area contributed by atoms with Gasteiger partial charge in [0.05, 0.1) is 6.61 Å². The van der Waals surface area contributed by atoms with Crippen molar-refractivity contribution in [1.82, 2.24) is 9.80 Å². The second-order valence-corrected chi connectivity index (χ2v) is 9.00. The summed E-state index contributed by atoms with van der Waals surface area (Å²) >= 11 is 0. The SMILES string of the molecule is COC[C@@H]1CN(CC2CC2)C[C@]12CCN(C(=O)CC1=CCCCC1)C2. The van der Waals surface area contributed by atoms with Gasteiger partial charge in [-0.2, -0.15) is 0 Å². The van der Waals surface area contributed by atoms with E-state index in [9.17, 15) is 4.79 Å². The maximum absolute atomic E-state index is 12.8. The molecule has 2 aliphatic heterocycles. The van der Waals surface area contributed by atoms with Gasteiger partial charge in [0.1, 0.15) is 0 Å². The highest BCUT2D eigenvalue weighted by Crippen LogP contribution is 2.45. The van der Waals surface area contributed by atoms with Gasteiger partial charge in [0, 0.05) is 57.6 Å². The lowest BCUT2D eigenvalue weighted by Crippen LogP contribution is -2.38. The number of allylic oxidation sites excluding steroid dienone is 1. The highest BCUT2D eigenvalue weighted by molar-refractivity contribution is 5.79. The largest absolute Gasteiger partial charge is 0.384 e. The van der Waals surface area contributed by atoms with Crippen molar-refractivity contribution < 1.29 is 9.53 Å². The van der Waals surface area contributed by atoms with Gasteiger partial charge in [-0.15, -0.1) is 0 Å². The second-order valence-electron chi connectivity index (χ2n) is 9.00. The minimum absolute atomic E-state index is 0.279. The topological polar surface area (TPSA) is 32.8 Å². The van der Waals surface area contributed by atoms with Crippen LogP contribution in [0.2, 0.25) is 0 Å². The number of carbonyl (C=O) groups is 1. The molecule has 4 nitrogen and oxygen atoms in total. The standard InChI is InChI=1S/C21H34N2O2/c1-25-14-19-13-22(12-18-7-8-18)15-21(19)9-10-23(16-21)20(24)11-17-5-3-2-4-6-17/h5,18-19H,2-4,6-16H2,1H3/t19-,21-/m0/s1. The van der Waals surface area contributed by atoms with Crippen molar-refractivity contribution in [1.29, 1.82) is 0 Å². The fourth-order valence-electron chi connectivity index (χ4n) is 5.32. The van der Waals surface area contributed by atoms with E-state index >= 15 is 0 Å². The molecule has 2 saturated heterocycles. The van der Waals surface area contributed by atoms with E-state index < -0.39 is 0 Å². The van der Waals surface area contributed by atoms with Crippen molar-refractivity contribution in [3.63, 3.8) is 0 Å². The highest BCUT2D eigenvalue weighted by Gasteiger charge is 2.51. The third-order valence-corrected chi connectivity index (χ3v) is 6.97. The van der Waals surface area contributed by atoms with Crippen LogP contribution in [0.5, 0.6) is 0 Å². The van der Waals surface area contributed by atoms with Crippen molar-refractivity contribution in [2.75, 3.05) is 46.4 Å². The zero-order valence-corrected chi connectivity index (χ0v) is 15.8. The van der Waals surface area contributed by atoms with Gasteiger partial charge in [0.15, 0.2) is 0 Å². The van der Waals surface area contributed by atoms with Crippen molar-refractivity contribution in [2.24, 2.45) is 17.3 Å². The average Bonchev–Trinajstić information content (AvgIpc) is 3.22. The van der Waals surface area contributed by atoms with Crippen LogP contribution in [0.25, 0.3) is 0 Å². The van der Waals surface area contributed by atoms with Gasteiger partial charge in [0.25, 0.3) is 0 Å². The molecule has 2 atom stereocenters. The van der Waals surface area contributed by atoms with Crippen LogP contribution in [-0.4, -0.2) is 62.1 Å². The normalized spacial score (nSPS) is 33.2. The summed E-state index contributed by atoms with van der Waals surface area (Å²) in [5, 5.41) is 0. The Morgan fingerprint density at radius 1 is 1.32 bits per heavy atom. The van der Waals surface area contributed by atoms with Crippen LogP contribution >= 0.6 is 0 Å². The van der Waals surface area contributed by atoms with Gasteiger partial charge in [-0.1, -0.05) is 11.6 Å². The molecule has 140 valence electrons. The Morgan fingerprint density at radius 2 is 2.20 bits per heavy atom. The average molecular weight is 347 g/mol. The van der Waals surface area contributed by atoms with E-state index in [4.69, 9.17) is 4.74 Å². The molecule has 0 bridgehead atoms. The zero-order valence-electron chi connectivity index (χ0n) is 15.8. The molecule has 25 heavy (non-hydrogen) atoms. The molecule has 2 aliphatic carbocycles. The molecule has 0 aromatic carbocycles. The molecule has 1 saturated carbocycles. The van der Waals surface area contributed by atoms with Crippen molar-refractivity contribution >= 4 is 5.91 Å². The van der Waals surface area contributed by atoms with Crippen molar-refractivity contribution in [3.05, 3.63) is 11.6 Å². The molecule has 4 rings (SSSR count). The smallest absolute Gasteiger partial charge is 0.226 e. The predicted octanol–water partition coefficient (Wildman–Crippen LogP) is 3.08. The fourth-order valence-corrected chi connectivity index (χ4v) is 5.32. The number of nitrogens with zero attached hydrogens (tertiary/aromatic N) is 2. The molecule has 0 aromatic heterocycles. The summed E-state index contributed by atoms with van der Waals surface area (Å²) in [6, 6.07) is 0. The summed E-state index contributed by atoms with van der Waals surface area (Å²) in [7, 11) is 1.82. The summed E-state index contributed by atoms with van der Waals surface area (Å²) < 4.78 is 5.56. The zero-order chi connectivity index (χ0) is 17.3. The molecule has 3 fully saturated rings. The Hall–Kier alpha value is -0.870. The maximum Gasteiger partial charge on any atom is 0.226 e. The number of likely N-dealkylation sites (tertiary alicyclic amines) is 2. The lowest BCUT2D eigenvalue weighted by molar-refractivity contribution is -0.130. The molecule has 0 aromatic rings. The van der Waals surface area contributed by atoms with E-state index in [1.165, 1.54) is 50.8 Å². The van der Waals surface area contributed by atoms with E-state index in [0.717, 1.165) is 45.0 Å². The highest BCUT2D eigenvalue weighted by atomic mass is 16.5. The van der Waals surface area contributed by atoms with E-state index in [1.807, 2.05) is 7.11 Å². The van der Waals surface area contributed by atoms with Gasteiger partial charge in [0.2, 0.25) is 5.91 Å². The lowest BCUT2D eigenvalue weighted by Gasteiger charge is -2.30. The van der Waals surface area contributed by atoms with Crippen LogP contribution < -0.4 is 0 Å². The number of rotatable bonds is 6. The molecule has 4 aliphatic rings. The maximum atomic E-state index is 12.8. The quantitative estimate of drug-likeness (QED) is 0.693. The van der Waals surface area contributed by atoms with Crippen LogP contribution in [0, 0.1) is 17.3 Å². The lowest BCUT2D eigenvalue weighted by atomic mass is 9.77. The van der Waals surface area contributed by atoms with Crippen LogP contribution in [-0.2, 0) is 9.53 Å². The molecule has 4 heteroatoms. The molecule has 1 spiro atoms. The van der Waals surface area contributed by atoms with Crippen molar-refractivity contribution in [2.45, 2.75) is 51.4 Å². The van der Waals surface area contributed by atoms with Crippen LogP contribution in [0.15, 0.2) is 11.6 Å². The summed E-state index contributed by atoms with van der Waals surface area (Å²) in [6.45, 7) is 6.34. The molecule has 0 N–H and O–H groups in total. The summed E-state index contributed by atoms with van der Waals surface area (Å²) in [4.78, 5) is 17.7. The Balaban J connectivity index is 1.38. The molecule has 1 amide bonds. The predicted molar refractivity (Wildman–Crippen MR) is 99.3 cm³/mol. The summed E-state index contributed by atoms with van der Waals surface area (Å²) in [5.41, 5.74) is 1.66. The van der Waals surface area contributed by atoms with Gasteiger partial charge >= 0.3 is 0 Å². The minimum atomic E-state index is 0.279. The summed E-state index contributed by atoms with van der Waals surface area (Å²) in [5.74, 6) is 1.89. The van der Waals surface area contributed by atoms with Crippen molar-refractivity contribution in [3.8, 4) is 0 Å². The summed E-state index contributed by atoms with van der Waals surface area (Å²) in [6.07, 6.45) is 11.8. The first kappa shape index (κ1) is 17.5. The third kappa shape index (κ3) is 3.95. The number of hydrogen-bond acceptors (Lipinski definition) is 3. The Morgan fingerprint density at radius 3 is 2.92 bits per heavy atom. The monoisotopic (exact) mass is 346 g/mol. The van der Waals surface area contributed by atoms with E-state index in [1.54, 1.807) is 0 Å². The number of hydrogen-bond donors (Lipinski definition) is 0. The molecule has 2 heterocycles. The number of carbonyl (C=O) groups excluding carboxylic acids is 1. The second kappa shape index (κ2) is 7.40. The molecular formula is C21H34N2O2. The Kier molecular flexibility index (Phi) is 5.19. The number of amides is 1. The van der Waals surface area contributed by atoms with Crippen LogP contribution in [0.1, 0.15) is 51.4 Å². The molecule has 0 unspecified atom stereocenters. The number of ether oxygens (including phenoxy) is 1. The van der Waals surface area contributed by atoms with Gasteiger partial charge in [-0.3, -0.25) is 4.79 Å². The first-order valence-electron chi connectivity index (χ1n) is 10.4. The Bertz CT molecular complexity index is 528. The first-order valence-corrected chi connectivity index (χ1v) is 10.4. The van der Waals surface area contributed by atoms with Crippen LogP contribution in [0.4, 0.5) is 0 Å². The molecule has 0 radical (unpaired) electrons. The number of methoxy groups -OCH3 is 1. The van der Waals surface area contributed by atoms with E-state index in [0.29, 0.717) is 18.2 Å². The Labute approximate surface area is 152 Å².